The summed E-state index contributed by atoms with van der Waals surface area (Å²) in [4.78, 5) is 15.6. The van der Waals surface area contributed by atoms with E-state index >= 15 is 0 Å². The Hall–Kier alpha value is -0.240. The third-order valence-electron chi connectivity index (χ3n) is 9.85. The number of nitrogens with zero attached hydrogens (tertiary/aromatic N) is 6. The fourth-order valence-corrected chi connectivity index (χ4v) is 7.60. The van der Waals surface area contributed by atoms with Crippen LogP contribution in [0.3, 0.4) is 0 Å². The summed E-state index contributed by atoms with van der Waals surface area (Å²) in [5.41, 5.74) is 0. The molecule has 6 nitrogen and oxygen atoms in total. The number of rotatable bonds is 0. The lowest BCUT2D eigenvalue weighted by Crippen LogP contribution is -2.63. The van der Waals surface area contributed by atoms with E-state index in [1.54, 1.807) is 6.42 Å². The molecule has 0 N–H and O–H groups in total. The first-order valence-corrected chi connectivity index (χ1v) is 15.2. The van der Waals surface area contributed by atoms with Crippen LogP contribution in [0, 0.1) is 11.8 Å². The monoisotopic (exact) mass is 490 g/mol. The van der Waals surface area contributed by atoms with Gasteiger partial charge in [-0.05, 0) is 124 Å². The largest absolute Gasteiger partial charge is 0.305 e. The molecule has 0 spiro atoms. The molecule has 0 aromatic rings. The Morgan fingerprint density at radius 1 is 0.400 bits per heavy atom. The van der Waals surface area contributed by atoms with Crippen LogP contribution >= 0.6 is 0 Å². The average molecular weight is 491 g/mol. The van der Waals surface area contributed by atoms with Crippen molar-refractivity contribution in [3.05, 3.63) is 0 Å². The third-order valence-corrected chi connectivity index (χ3v) is 9.85. The predicted molar refractivity (Wildman–Crippen MR) is 149 cm³/mol. The highest BCUT2D eigenvalue weighted by atomic mass is 15.3. The van der Waals surface area contributed by atoms with E-state index in [2.05, 4.69) is 57.6 Å². The quantitative estimate of drug-likeness (QED) is 0.516. The van der Waals surface area contributed by atoms with Gasteiger partial charge >= 0.3 is 0 Å². The van der Waals surface area contributed by atoms with E-state index in [1.165, 1.54) is 130 Å². The summed E-state index contributed by atoms with van der Waals surface area (Å²) in [5, 5.41) is 0. The number of likely N-dealkylation sites (N-methyl/N-ethyl adjacent to an activating group) is 4. The number of hydrogen-bond acceptors (Lipinski definition) is 6. The lowest BCUT2D eigenvalue weighted by atomic mass is 9.71. The van der Waals surface area contributed by atoms with Crippen molar-refractivity contribution in [2.45, 2.75) is 69.9 Å². The maximum absolute atomic E-state index is 2.87. The van der Waals surface area contributed by atoms with Crippen LogP contribution in [0.1, 0.15) is 57.8 Å². The summed E-state index contributed by atoms with van der Waals surface area (Å²) in [6.07, 6.45) is 13.0. The Balaban J connectivity index is 0.000000165. The number of hydrogen-bond donors (Lipinski definition) is 0. The van der Waals surface area contributed by atoms with Crippen LogP contribution in [0.5, 0.6) is 0 Å². The summed E-state index contributed by atoms with van der Waals surface area (Å²) in [7, 11) is 8.97. The minimum atomic E-state index is 0.961. The van der Waals surface area contributed by atoms with Crippen molar-refractivity contribution >= 4 is 0 Å². The van der Waals surface area contributed by atoms with Crippen molar-refractivity contribution in [1.82, 2.24) is 29.4 Å². The van der Waals surface area contributed by atoms with Crippen LogP contribution < -0.4 is 0 Å². The van der Waals surface area contributed by atoms with Gasteiger partial charge in [-0.2, -0.15) is 0 Å². The summed E-state index contributed by atoms with van der Waals surface area (Å²) in [5.74, 6) is 2.03. The second-order valence-electron chi connectivity index (χ2n) is 12.8. The minimum absolute atomic E-state index is 0.961. The molecule has 0 amide bonds. The van der Waals surface area contributed by atoms with Crippen LogP contribution in [-0.2, 0) is 0 Å². The molecule has 6 heteroatoms. The first-order chi connectivity index (χ1) is 17.0. The third kappa shape index (κ3) is 8.38. The van der Waals surface area contributed by atoms with Crippen LogP contribution in [0.4, 0.5) is 0 Å². The highest BCUT2D eigenvalue weighted by molar-refractivity contribution is 5.00. The first-order valence-electron chi connectivity index (χ1n) is 15.2. The molecular weight excluding hydrogens is 432 g/mol. The van der Waals surface area contributed by atoms with Crippen LogP contribution in [-0.4, -0.2) is 148 Å². The molecule has 5 aliphatic heterocycles. The zero-order valence-electron chi connectivity index (χ0n) is 23.8. The zero-order valence-corrected chi connectivity index (χ0v) is 23.8. The summed E-state index contributed by atoms with van der Waals surface area (Å²) in [6, 6.07) is 1.92. The smallest absolute Gasteiger partial charge is 0.0136 e. The van der Waals surface area contributed by atoms with Gasteiger partial charge in [0.15, 0.2) is 0 Å². The van der Waals surface area contributed by atoms with Crippen molar-refractivity contribution < 1.29 is 0 Å². The normalized spacial score (nSPS) is 36.3. The molecule has 0 aliphatic carbocycles. The molecule has 5 rings (SSSR count). The van der Waals surface area contributed by atoms with E-state index in [1.807, 2.05) is 0 Å². The standard InChI is InChI=1S/C15H26N2.C14H32N4/c1-3-7-16-11-13-9-12(14(16)5-1)10-17-8-4-2-6-15(13)17;1-15-7-5-8-17(3)13-14-18(4)10-6-9-16(2)12-11-15/h12-15H,1-11H2;5-14H2,1-4H3. The molecular formula is C29H58N6. The van der Waals surface area contributed by atoms with E-state index in [0.29, 0.717) is 0 Å². The van der Waals surface area contributed by atoms with Gasteiger partial charge in [-0.15, -0.1) is 0 Å². The average Bonchev–Trinajstić information content (AvgIpc) is 2.86. The van der Waals surface area contributed by atoms with Gasteiger partial charge in [0.25, 0.3) is 0 Å². The lowest BCUT2D eigenvalue weighted by molar-refractivity contribution is -0.0718. The van der Waals surface area contributed by atoms with Gasteiger partial charge in [0.2, 0.25) is 0 Å². The Morgan fingerprint density at radius 2 is 0.771 bits per heavy atom. The van der Waals surface area contributed by atoms with Gasteiger partial charge in [-0.3, -0.25) is 9.80 Å². The highest BCUT2D eigenvalue weighted by Crippen LogP contribution is 2.42. The molecule has 0 saturated carbocycles. The van der Waals surface area contributed by atoms with Gasteiger partial charge in [0, 0.05) is 51.4 Å². The fourth-order valence-electron chi connectivity index (χ4n) is 7.60. The van der Waals surface area contributed by atoms with E-state index in [0.717, 1.165) is 23.9 Å². The second-order valence-corrected chi connectivity index (χ2v) is 12.8. The van der Waals surface area contributed by atoms with Crippen LogP contribution in [0.15, 0.2) is 0 Å². The highest BCUT2D eigenvalue weighted by Gasteiger charge is 2.46. The molecule has 4 atom stereocenters. The molecule has 0 aromatic carbocycles. The predicted octanol–water partition coefficient (Wildman–Crippen LogP) is 2.85. The zero-order chi connectivity index (χ0) is 24.6. The van der Waals surface area contributed by atoms with E-state index in [9.17, 15) is 0 Å². The molecule has 5 heterocycles. The number of piperidine rings is 4. The van der Waals surface area contributed by atoms with E-state index < -0.39 is 0 Å². The molecule has 5 aliphatic rings. The van der Waals surface area contributed by atoms with Crippen LogP contribution in [0.2, 0.25) is 0 Å². The molecule has 4 unspecified atom stereocenters. The Morgan fingerprint density at radius 3 is 1.14 bits per heavy atom. The van der Waals surface area contributed by atoms with Gasteiger partial charge in [-0.1, -0.05) is 12.8 Å². The molecule has 5 saturated heterocycles. The van der Waals surface area contributed by atoms with Crippen LogP contribution in [0.25, 0.3) is 0 Å². The number of fused-ring (bicyclic) bond motifs is 6. The van der Waals surface area contributed by atoms with Gasteiger partial charge in [0.05, 0.1) is 0 Å². The van der Waals surface area contributed by atoms with Crippen molar-refractivity contribution in [3.8, 4) is 0 Å². The summed E-state index contributed by atoms with van der Waals surface area (Å²) < 4.78 is 0. The molecule has 2 bridgehead atoms. The lowest BCUT2D eigenvalue weighted by Gasteiger charge is -2.57. The fraction of sp³-hybridized carbons (Fsp3) is 1.00. The maximum Gasteiger partial charge on any atom is 0.0136 e. The van der Waals surface area contributed by atoms with Crippen molar-refractivity contribution in [3.63, 3.8) is 0 Å². The van der Waals surface area contributed by atoms with Crippen molar-refractivity contribution in [1.29, 1.82) is 0 Å². The topological polar surface area (TPSA) is 19.4 Å². The summed E-state index contributed by atoms with van der Waals surface area (Å²) in [6.45, 7) is 15.3. The van der Waals surface area contributed by atoms with Crippen molar-refractivity contribution in [2.75, 3.05) is 107 Å². The minimum Gasteiger partial charge on any atom is -0.305 e. The van der Waals surface area contributed by atoms with Crippen molar-refractivity contribution in [2.24, 2.45) is 11.8 Å². The first kappa shape index (κ1) is 27.8. The Bertz CT molecular complexity index is 532. The molecule has 5 fully saturated rings. The molecule has 35 heavy (non-hydrogen) atoms. The molecule has 0 radical (unpaired) electrons. The maximum atomic E-state index is 2.87. The van der Waals surface area contributed by atoms with Gasteiger partial charge < -0.3 is 19.6 Å². The Labute approximate surface area is 217 Å². The summed E-state index contributed by atoms with van der Waals surface area (Å²) >= 11 is 0. The second kappa shape index (κ2) is 14.1. The Kier molecular flexibility index (Phi) is 11.2. The van der Waals surface area contributed by atoms with Gasteiger partial charge in [-0.25, -0.2) is 0 Å². The molecule has 204 valence electrons. The van der Waals surface area contributed by atoms with E-state index in [4.69, 9.17) is 0 Å². The van der Waals surface area contributed by atoms with Gasteiger partial charge in [0.1, 0.15) is 0 Å². The SMILES string of the molecule is C1CCN2CC3CC(CN4CCCCC34)C2C1.CN1CCCN(C)CCN(C)CCCN(C)CC1. The van der Waals surface area contributed by atoms with E-state index in [-0.39, 0.29) is 0 Å². The molecule has 0 aromatic heterocycles.